The van der Waals surface area contributed by atoms with Gasteiger partial charge in [0.05, 0.1) is 0 Å². The van der Waals surface area contributed by atoms with Crippen molar-refractivity contribution >= 4 is 11.8 Å². The molecule has 2 aliphatic rings. The minimum absolute atomic E-state index is 0.258. The van der Waals surface area contributed by atoms with Gasteiger partial charge in [-0.05, 0) is 33.1 Å². The van der Waals surface area contributed by atoms with Crippen molar-refractivity contribution in [2.75, 3.05) is 32.4 Å². The van der Waals surface area contributed by atoms with Crippen LogP contribution in [0.4, 0.5) is 0 Å². The predicted molar refractivity (Wildman–Crippen MR) is 76.6 cm³/mol. The van der Waals surface area contributed by atoms with Crippen molar-refractivity contribution in [3.05, 3.63) is 0 Å². The van der Waals surface area contributed by atoms with Gasteiger partial charge < -0.3 is 5.73 Å². The highest BCUT2D eigenvalue weighted by atomic mass is 32.2. The predicted octanol–water partition coefficient (Wildman–Crippen LogP) is 1.23. The van der Waals surface area contributed by atoms with E-state index < -0.39 is 0 Å². The van der Waals surface area contributed by atoms with Crippen LogP contribution in [0.25, 0.3) is 0 Å². The minimum atomic E-state index is 0.258. The molecule has 0 aromatic carbocycles. The van der Waals surface area contributed by atoms with E-state index in [0.29, 0.717) is 17.3 Å². The van der Waals surface area contributed by atoms with Gasteiger partial charge in [-0.15, -0.1) is 0 Å². The molecular formula is C13H27N3S. The number of likely N-dealkylation sites (N-methyl/N-ethyl adjacent to an activating group) is 1. The Balaban J connectivity index is 2.16. The smallest absolute Gasteiger partial charge is 0.0456 e. The van der Waals surface area contributed by atoms with E-state index >= 15 is 0 Å². The summed E-state index contributed by atoms with van der Waals surface area (Å²) in [5.41, 5.74) is 6.41. The van der Waals surface area contributed by atoms with Crippen LogP contribution in [-0.4, -0.2) is 65.1 Å². The zero-order chi connectivity index (χ0) is 12.6. The van der Waals surface area contributed by atoms with E-state index in [1.165, 1.54) is 25.3 Å². The fourth-order valence-corrected chi connectivity index (χ4v) is 4.85. The summed E-state index contributed by atoms with van der Waals surface area (Å²) >= 11 is 2.09. The van der Waals surface area contributed by atoms with Crippen molar-refractivity contribution in [2.45, 2.75) is 50.1 Å². The van der Waals surface area contributed by atoms with E-state index in [4.69, 9.17) is 5.73 Å². The second kappa shape index (κ2) is 5.08. The van der Waals surface area contributed by atoms with Crippen LogP contribution in [0.3, 0.4) is 0 Å². The van der Waals surface area contributed by atoms with Gasteiger partial charge >= 0.3 is 0 Å². The van der Waals surface area contributed by atoms with Crippen LogP contribution in [0.5, 0.6) is 0 Å². The van der Waals surface area contributed by atoms with Crippen molar-refractivity contribution < 1.29 is 0 Å². The van der Waals surface area contributed by atoms with Gasteiger partial charge in [-0.3, -0.25) is 9.80 Å². The first-order valence-corrected chi connectivity index (χ1v) is 7.85. The normalized spacial score (nSPS) is 45.4. The Labute approximate surface area is 110 Å². The van der Waals surface area contributed by atoms with E-state index in [2.05, 4.69) is 49.4 Å². The topological polar surface area (TPSA) is 32.5 Å². The van der Waals surface area contributed by atoms with Gasteiger partial charge in [0.15, 0.2) is 0 Å². The number of hydrogen-bond donors (Lipinski definition) is 1. The zero-order valence-corrected chi connectivity index (χ0v) is 12.5. The average Bonchev–Trinajstić information content (AvgIpc) is 2.68. The Hall–Kier alpha value is 0.230. The van der Waals surface area contributed by atoms with Crippen molar-refractivity contribution in [3.8, 4) is 0 Å². The molecule has 0 aromatic heterocycles. The Bertz CT molecular complexity index is 261. The van der Waals surface area contributed by atoms with Crippen LogP contribution in [0, 0.1) is 0 Å². The molecule has 0 aromatic rings. The van der Waals surface area contributed by atoms with Crippen LogP contribution < -0.4 is 5.73 Å². The molecule has 2 aliphatic heterocycles. The van der Waals surface area contributed by atoms with Gasteiger partial charge in [0, 0.05) is 42.5 Å². The SMILES string of the molecule is CC1CN(C2(CN)CCSC2C)CC(C)N1C. The van der Waals surface area contributed by atoms with Crippen LogP contribution in [0.15, 0.2) is 0 Å². The fourth-order valence-electron chi connectivity index (χ4n) is 3.35. The third-order valence-electron chi connectivity index (χ3n) is 5.00. The summed E-state index contributed by atoms with van der Waals surface area (Å²) in [6, 6.07) is 1.28. The standard InChI is InChI=1S/C13H27N3S/c1-10-7-16(8-11(2)15(10)4)13(9-14)5-6-17-12(13)3/h10-12H,5-9,14H2,1-4H3. The quantitative estimate of drug-likeness (QED) is 0.806. The molecule has 0 amide bonds. The number of piperazine rings is 1. The molecule has 0 spiro atoms. The third-order valence-corrected chi connectivity index (χ3v) is 6.38. The third kappa shape index (κ3) is 2.25. The number of hydrogen-bond acceptors (Lipinski definition) is 4. The molecule has 17 heavy (non-hydrogen) atoms. The molecule has 0 aliphatic carbocycles. The summed E-state index contributed by atoms with van der Waals surface area (Å²) in [6.07, 6.45) is 1.26. The lowest BCUT2D eigenvalue weighted by Gasteiger charge is -2.51. The Morgan fingerprint density at radius 3 is 2.24 bits per heavy atom. The van der Waals surface area contributed by atoms with Gasteiger partial charge in [0.1, 0.15) is 0 Å². The van der Waals surface area contributed by atoms with Gasteiger partial charge in [0.25, 0.3) is 0 Å². The summed E-state index contributed by atoms with van der Waals surface area (Å²) in [7, 11) is 2.24. The van der Waals surface area contributed by atoms with E-state index in [9.17, 15) is 0 Å². The summed E-state index contributed by atoms with van der Waals surface area (Å²) in [5, 5.41) is 0.676. The van der Waals surface area contributed by atoms with Crippen LogP contribution in [-0.2, 0) is 0 Å². The second-order valence-electron chi connectivity index (χ2n) is 5.84. The molecule has 2 heterocycles. The van der Waals surface area contributed by atoms with Gasteiger partial charge in [-0.2, -0.15) is 11.8 Å². The molecule has 100 valence electrons. The maximum atomic E-state index is 6.15. The lowest BCUT2D eigenvalue weighted by atomic mass is 9.88. The number of rotatable bonds is 2. The van der Waals surface area contributed by atoms with Gasteiger partial charge in [-0.25, -0.2) is 0 Å². The molecule has 2 fully saturated rings. The summed E-state index contributed by atoms with van der Waals surface area (Å²) < 4.78 is 0. The van der Waals surface area contributed by atoms with Gasteiger partial charge in [-0.1, -0.05) is 6.92 Å². The molecule has 0 saturated carbocycles. The average molecular weight is 257 g/mol. The molecule has 3 nitrogen and oxygen atoms in total. The molecule has 2 N–H and O–H groups in total. The lowest BCUT2D eigenvalue weighted by molar-refractivity contribution is -0.00771. The molecule has 0 radical (unpaired) electrons. The van der Waals surface area contributed by atoms with Crippen molar-refractivity contribution in [3.63, 3.8) is 0 Å². The highest BCUT2D eigenvalue weighted by Gasteiger charge is 2.47. The Kier molecular flexibility index (Phi) is 4.08. The number of nitrogens with zero attached hydrogens (tertiary/aromatic N) is 2. The highest BCUT2D eigenvalue weighted by Crippen LogP contribution is 2.40. The zero-order valence-electron chi connectivity index (χ0n) is 11.6. The molecule has 4 atom stereocenters. The van der Waals surface area contributed by atoms with Crippen molar-refractivity contribution in [1.29, 1.82) is 0 Å². The first kappa shape index (κ1) is 13.7. The Morgan fingerprint density at radius 2 is 1.82 bits per heavy atom. The summed E-state index contributed by atoms with van der Waals surface area (Å²) in [4.78, 5) is 5.18. The number of nitrogens with two attached hydrogens (primary N) is 1. The van der Waals surface area contributed by atoms with E-state index in [1.54, 1.807) is 0 Å². The minimum Gasteiger partial charge on any atom is -0.329 e. The van der Waals surface area contributed by atoms with E-state index in [0.717, 1.165) is 6.54 Å². The molecule has 4 unspecified atom stereocenters. The molecule has 0 bridgehead atoms. The van der Waals surface area contributed by atoms with Crippen molar-refractivity contribution in [1.82, 2.24) is 9.80 Å². The van der Waals surface area contributed by atoms with E-state index in [1.807, 2.05) is 0 Å². The fraction of sp³-hybridized carbons (Fsp3) is 1.00. The molecule has 2 saturated heterocycles. The monoisotopic (exact) mass is 257 g/mol. The largest absolute Gasteiger partial charge is 0.329 e. The molecule has 4 heteroatoms. The van der Waals surface area contributed by atoms with Crippen molar-refractivity contribution in [2.24, 2.45) is 5.73 Å². The van der Waals surface area contributed by atoms with Crippen LogP contribution in [0.1, 0.15) is 27.2 Å². The highest BCUT2D eigenvalue weighted by molar-refractivity contribution is 8.00. The summed E-state index contributed by atoms with van der Waals surface area (Å²) in [5.74, 6) is 1.27. The lowest BCUT2D eigenvalue weighted by Crippen LogP contribution is -2.66. The molecular weight excluding hydrogens is 230 g/mol. The molecule has 2 rings (SSSR count). The Morgan fingerprint density at radius 1 is 1.24 bits per heavy atom. The maximum absolute atomic E-state index is 6.15. The maximum Gasteiger partial charge on any atom is 0.0456 e. The second-order valence-corrected chi connectivity index (χ2v) is 7.29. The first-order chi connectivity index (χ1) is 8.01. The van der Waals surface area contributed by atoms with Crippen LogP contribution in [0.2, 0.25) is 0 Å². The number of thioether (sulfide) groups is 1. The van der Waals surface area contributed by atoms with E-state index in [-0.39, 0.29) is 5.54 Å². The van der Waals surface area contributed by atoms with Gasteiger partial charge in [0.2, 0.25) is 0 Å². The first-order valence-electron chi connectivity index (χ1n) is 6.80. The summed E-state index contributed by atoms with van der Waals surface area (Å²) in [6.45, 7) is 10.2. The van der Waals surface area contributed by atoms with Crippen LogP contribution >= 0.6 is 11.8 Å².